The second-order valence-electron chi connectivity index (χ2n) is 4.74. The number of hydrogen-bond acceptors (Lipinski definition) is 4. The first kappa shape index (κ1) is 10.9. The van der Waals surface area contributed by atoms with Gasteiger partial charge >= 0.3 is 0 Å². The molecule has 2 aliphatic heterocycles. The zero-order valence-electron chi connectivity index (χ0n) is 9.98. The Morgan fingerprint density at radius 1 is 1.29 bits per heavy atom. The van der Waals surface area contributed by atoms with Gasteiger partial charge in [-0.2, -0.15) is 0 Å². The van der Waals surface area contributed by atoms with Crippen molar-refractivity contribution in [2.45, 2.75) is 12.5 Å². The summed E-state index contributed by atoms with van der Waals surface area (Å²) >= 11 is 0. The van der Waals surface area contributed by atoms with Crippen LogP contribution in [0.15, 0.2) is 18.2 Å². The Morgan fingerprint density at radius 2 is 2.12 bits per heavy atom. The van der Waals surface area contributed by atoms with Crippen molar-refractivity contribution in [1.29, 1.82) is 0 Å². The number of rotatable bonds is 1. The average Bonchev–Trinajstić information content (AvgIpc) is 2.39. The molecule has 0 saturated carbocycles. The van der Waals surface area contributed by atoms with Crippen LogP contribution in [0.3, 0.4) is 0 Å². The van der Waals surface area contributed by atoms with E-state index in [0.717, 1.165) is 50.6 Å². The summed E-state index contributed by atoms with van der Waals surface area (Å²) in [5, 5.41) is 3.39. The molecule has 4 nitrogen and oxygen atoms in total. The van der Waals surface area contributed by atoms with Crippen LogP contribution in [0.25, 0.3) is 0 Å². The molecule has 0 bridgehead atoms. The van der Waals surface area contributed by atoms with Crippen LogP contribution in [0.4, 0.5) is 5.69 Å². The molecule has 2 heterocycles. The monoisotopic (exact) mass is 233 g/mol. The summed E-state index contributed by atoms with van der Waals surface area (Å²) in [7, 11) is 0. The van der Waals surface area contributed by atoms with E-state index in [1.54, 1.807) is 0 Å². The van der Waals surface area contributed by atoms with E-state index in [0.29, 0.717) is 6.04 Å². The second-order valence-corrected chi connectivity index (χ2v) is 4.74. The highest BCUT2D eigenvalue weighted by Gasteiger charge is 2.27. The fraction of sp³-hybridized carbons (Fsp3) is 0.538. The standard InChI is InChI=1S/C13H19N3O/c14-10-1-2-11-12(3-8-17-13(11)9-10)16-6-4-15-5-7-16/h1-2,9,12,15H,3-8,14H2. The number of nitrogens with zero attached hydrogens (tertiary/aromatic N) is 1. The molecule has 0 aliphatic carbocycles. The van der Waals surface area contributed by atoms with E-state index >= 15 is 0 Å². The Hall–Kier alpha value is -1.26. The molecule has 3 N–H and O–H groups in total. The molecule has 0 radical (unpaired) electrons. The van der Waals surface area contributed by atoms with Crippen LogP contribution >= 0.6 is 0 Å². The van der Waals surface area contributed by atoms with Gasteiger partial charge in [0.25, 0.3) is 0 Å². The Morgan fingerprint density at radius 3 is 2.94 bits per heavy atom. The van der Waals surface area contributed by atoms with Gasteiger partial charge in [-0.3, -0.25) is 4.90 Å². The van der Waals surface area contributed by atoms with Crippen molar-refractivity contribution >= 4 is 5.69 Å². The molecule has 2 aliphatic rings. The average molecular weight is 233 g/mol. The molecule has 1 unspecified atom stereocenters. The quantitative estimate of drug-likeness (QED) is 0.710. The summed E-state index contributed by atoms with van der Waals surface area (Å²) in [5.41, 5.74) is 7.88. The van der Waals surface area contributed by atoms with Gasteiger partial charge in [-0.1, -0.05) is 6.07 Å². The van der Waals surface area contributed by atoms with Gasteiger partial charge < -0.3 is 15.8 Å². The molecule has 0 spiro atoms. The molecule has 0 amide bonds. The Bertz CT molecular complexity index is 402. The molecule has 1 atom stereocenters. The van der Waals surface area contributed by atoms with E-state index in [2.05, 4.69) is 16.3 Å². The van der Waals surface area contributed by atoms with Crippen molar-refractivity contribution in [2.75, 3.05) is 38.5 Å². The summed E-state index contributed by atoms with van der Waals surface area (Å²) in [6, 6.07) is 6.55. The summed E-state index contributed by atoms with van der Waals surface area (Å²) in [4.78, 5) is 2.55. The van der Waals surface area contributed by atoms with Crippen molar-refractivity contribution in [1.82, 2.24) is 10.2 Å². The summed E-state index contributed by atoms with van der Waals surface area (Å²) in [6.45, 7) is 5.21. The molecular weight excluding hydrogens is 214 g/mol. The highest BCUT2D eigenvalue weighted by atomic mass is 16.5. The van der Waals surface area contributed by atoms with E-state index in [1.165, 1.54) is 5.56 Å². The van der Waals surface area contributed by atoms with Gasteiger partial charge in [0.1, 0.15) is 5.75 Å². The third-order valence-corrected chi connectivity index (χ3v) is 3.64. The number of nitrogens with one attached hydrogen (secondary N) is 1. The number of nitrogens with two attached hydrogens (primary N) is 1. The maximum Gasteiger partial charge on any atom is 0.126 e. The van der Waals surface area contributed by atoms with Crippen molar-refractivity contribution in [3.05, 3.63) is 23.8 Å². The third kappa shape index (κ3) is 2.10. The topological polar surface area (TPSA) is 50.5 Å². The van der Waals surface area contributed by atoms with Crippen LogP contribution in [0, 0.1) is 0 Å². The lowest BCUT2D eigenvalue weighted by Gasteiger charge is -2.38. The zero-order chi connectivity index (χ0) is 11.7. The number of benzene rings is 1. The van der Waals surface area contributed by atoms with E-state index in [-0.39, 0.29) is 0 Å². The number of anilines is 1. The van der Waals surface area contributed by atoms with Crippen LogP contribution in [0.2, 0.25) is 0 Å². The number of piperazine rings is 1. The Labute approximate surface area is 102 Å². The predicted molar refractivity (Wildman–Crippen MR) is 68.2 cm³/mol. The third-order valence-electron chi connectivity index (χ3n) is 3.64. The maximum atomic E-state index is 5.80. The fourth-order valence-corrected chi connectivity index (χ4v) is 2.76. The number of hydrogen-bond donors (Lipinski definition) is 2. The van der Waals surface area contributed by atoms with E-state index < -0.39 is 0 Å². The van der Waals surface area contributed by atoms with Crippen molar-refractivity contribution in [3.63, 3.8) is 0 Å². The van der Waals surface area contributed by atoms with Gasteiger partial charge in [-0.25, -0.2) is 0 Å². The van der Waals surface area contributed by atoms with Crippen molar-refractivity contribution in [3.8, 4) is 5.75 Å². The SMILES string of the molecule is Nc1ccc2c(c1)OCCC2N1CCNCC1. The van der Waals surface area contributed by atoms with Crippen molar-refractivity contribution < 1.29 is 4.74 Å². The number of ether oxygens (including phenoxy) is 1. The van der Waals surface area contributed by atoms with Crippen LogP contribution in [-0.2, 0) is 0 Å². The Balaban J connectivity index is 1.88. The molecular formula is C13H19N3O. The minimum absolute atomic E-state index is 0.501. The molecule has 3 rings (SSSR count). The largest absolute Gasteiger partial charge is 0.493 e. The smallest absolute Gasteiger partial charge is 0.126 e. The Kier molecular flexibility index (Phi) is 2.91. The summed E-state index contributed by atoms with van der Waals surface area (Å²) in [6.07, 6.45) is 1.08. The lowest BCUT2D eigenvalue weighted by Crippen LogP contribution is -2.46. The molecule has 17 heavy (non-hydrogen) atoms. The number of nitrogen functional groups attached to an aromatic ring is 1. The molecule has 1 saturated heterocycles. The highest BCUT2D eigenvalue weighted by molar-refractivity contribution is 5.50. The van der Waals surface area contributed by atoms with Gasteiger partial charge in [0.2, 0.25) is 0 Å². The summed E-state index contributed by atoms with van der Waals surface area (Å²) in [5.74, 6) is 0.972. The molecule has 1 aromatic rings. The van der Waals surface area contributed by atoms with Crippen LogP contribution in [0.5, 0.6) is 5.75 Å². The first-order chi connectivity index (χ1) is 8.34. The fourth-order valence-electron chi connectivity index (χ4n) is 2.76. The molecule has 92 valence electrons. The second kappa shape index (κ2) is 4.55. The normalized spacial score (nSPS) is 25.1. The van der Waals surface area contributed by atoms with Gasteiger partial charge in [-0.05, 0) is 6.07 Å². The molecule has 1 aromatic carbocycles. The van der Waals surface area contributed by atoms with Gasteiger partial charge in [-0.15, -0.1) is 0 Å². The summed E-state index contributed by atoms with van der Waals surface area (Å²) < 4.78 is 5.70. The van der Waals surface area contributed by atoms with Gasteiger partial charge in [0.15, 0.2) is 0 Å². The van der Waals surface area contributed by atoms with E-state index in [9.17, 15) is 0 Å². The van der Waals surface area contributed by atoms with Crippen molar-refractivity contribution in [2.24, 2.45) is 0 Å². The van der Waals surface area contributed by atoms with E-state index in [1.807, 2.05) is 12.1 Å². The molecule has 0 aromatic heterocycles. The lowest BCUT2D eigenvalue weighted by atomic mass is 9.98. The van der Waals surface area contributed by atoms with Gasteiger partial charge in [0, 0.05) is 56.0 Å². The minimum Gasteiger partial charge on any atom is -0.493 e. The maximum absolute atomic E-state index is 5.80. The van der Waals surface area contributed by atoms with Crippen LogP contribution in [-0.4, -0.2) is 37.7 Å². The van der Waals surface area contributed by atoms with Crippen LogP contribution in [0.1, 0.15) is 18.0 Å². The van der Waals surface area contributed by atoms with Crippen LogP contribution < -0.4 is 15.8 Å². The molecule has 1 fully saturated rings. The lowest BCUT2D eigenvalue weighted by molar-refractivity contribution is 0.126. The van der Waals surface area contributed by atoms with Gasteiger partial charge in [0.05, 0.1) is 6.61 Å². The first-order valence-electron chi connectivity index (χ1n) is 6.31. The predicted octanol–water partition coefficient (Wildman–Crippen LogP) is 0.998. The minimum atomic E-state index is 0.501. The highest BCUT2D eigenvalue weighted by Crippen LogP contribution is 2.37. The molecule has 4 heteroatoms. The first-order valence-corrected chi connectivity index (χ1v) is 6.31. The number of fused-ring (bicyclic) bond motifs is 1. The zero-order valence-corrected chi connectivity index (χ0v) is 9.98. The van der Waals surface area contributed by atoms with E-state index in [4.69, 9.17) is 10.5 Å².